The van der Waals surface area contributed by atoms with Gasteiger partial charge < -0.3 is 4.74 Å². The van der Waals surface area contributed by atoms with Crippen LogP contribution in [0, 0.1) is 0 Å². The molecule has 1 aliphatic heterocycles. The van der Waals surface area contributed by atoms with Crippen molar-refractivity contribution in [1.82, 2.24) is 0 Å². The van der Waals surface area contributed by atoms with Gasteiger partial charge in [0.05, 0.1) is 16.8 Å². The first-order chi connectivity index (χ1) is 12.2. The molecular formula is C19H17BrN2O4. The molecular weight excluding hydrogens is 400 g/mol. The molecule has 7 heteroatoms. The summed E-state index contributed by atoms with van der Waals surface area (Å²) in [4.78, 5) is 38.4. The Labute approximate surface area is 159 Å². The number of hydrogen-bond donors (Lipinski definition) is 1. The van der Waals surface area contributed by atoms with Crippen molar-refractivity contribution in [2.24, 2.45) is 0 Å². The Morgan fingerprint density at radius 2 is 1.62 bits per heavy atom. The van der Waals surface area contributed by atoms with Crippen LogP contribution in [0.15, 0.2) is 46.9 Å². The molecule has 1 aliphatic rings. The zero-order chi connectivity index (χ0) is 19.1. The number of halogens is 1. The molecule has 2 aromatic rings. The maximum Gasteiger partial charge on any atom is 0.412 e. The number of nitrogens with zero attached hydrogens (tertiary/aromatic N) is 1. The van der Waals surface area contributed by atoms with Gasteiger partial charge >= 0.3 is 6.09 Å². The topological polar surface area (TPSA) is 75.7 Å². The molecule has 1 heterocycles. The Morgan fingerprint density at radius 1 is 1.04 bits per heavy atom. The van der Waals surface area contributed by atoms with Gasteiger partial charge in [0.15, 0.2) is 0 Å². The second-order valence-corrected chi connectivity index (χ2v) is 7.64. The minimum Gasteiger partial charge on any atom is -0.444 e. The third kappa shape index (κ3) is 3.48. The van der Waals surface area contributed by atoms with Crippen LogP contribution in [0.5, 0.6) is 0 Å². The van der Waals surface area contributed by atoms with Gasteiger partial charge in [0.1, 0.15) is 5.60 Å². The van der Waals surface area contributed by atoms with Gasteiger partial charge in [0, 0.05) is 10.2 Å². The van der Waals surface area contributed by atoms with E-state index in [9.17, 15) is 14.4 Å². The van der Waals surface area contributed by atoms with E-state index in [0.29, 0.717) is 27.0 Å². The van der Waals surface area contributed by atoms with Gasteiger partial charge in [0.2, 0.25) is 0 Å². The second kappa shape index (κ2) is 6.57. The number of amides is 3. The first-order valence-corrected chi connectivity index (χ1v) is 8.74. The molecule has 0 saturated carbocycles. The monoisotopic (exact) mass is 416 g/mol. The lowest BCUT2D eigenvalue weighted by Crippen LogP contribution is -2.30. The number of hydrogen-bond acceptors (Lipinski definition) is 4. The zero-order valence-electron chi connectivity index (χ0n) is 14.5. The standard InChI is InChI=1S/C19H17BrN2O4/c1-19(2,3)26-18(25)21-11-8-9-14(20)15(10-11)22-16(23)12-6-4-5-7-13(12)17(22)24/h4-10H,1-3H3,(H,21,25). The van der Waals surface area contributed by atoms with E-state index >= 15 is 0 Å². The highest BCUT2D eigenvalue weighted by Gasteiger charge is 2.37. The molecule has 0 bridgehead atoms. The highest BCUT2D eigenvalue weighted by atomic mass is 79.9. The lowest BCUT2D eigenvalue weighted by Gasteiger charge is -2.21. The summed E-state index contributed by atoms with van der Waals surface area (Å²) in [7, 11) is 0. The Balaban J connectivity index is 1.91. The maximum absolute atomic E-state index is 12.7. The summed E-state index contributed by atoms with van der Waals surface area (Å²) < 4.78 is 5.78. The van der Waals surface area contributed by atoms with E-state index in [0.717, 1.165) is 4.90 Å². The van der Waals surface area contributed by atoms with Crippen molar-refractivity contribution in [3.63, 3.8) is 0 Å². The SMILES string of the molecule is CC(C)(C)OC(=O)Nc1ccc(Br)c(N2C(=O)c3ccccc3C2=O)c1. The quantitative estimate of drug-likeness (QED) is 0.725. The first-order valence-electron chi connectivity index (χ1n) is 7.95. The van der Waals surface area contributed by atoms with Crippen LogP contribution in [0.1, 0.15) is 41.5 Å². The van der Waals surface area contributed by atoms with E-state index < -0.39 is 23.5 Å². The fourth-order valence-corrected chi connectivity index (χ4v) is 3.02. The Hall–Kier alpha value is -2.67. The molecule has 2 aromatic carbocycles. The van der Waals surface area contributed by atoms with Crippen molar-refractivity contribution in [3.8, 4) is 0 Å². The predicted octanol–water partition coefficient (Wildman–Crippen LogP) is 4.60. The molecule has 0 radical (unpaired) electrons. The summed E-state index contributed by atoms with van der Waals surface area (Å²) in [6.07, 6.45) is -0.617. The van der Waals surface area contributed by atoms with Crippen molar-refractivity contribution in [2.75, 3.05) is 10.2 Å². The van der Waals surface area contributed by atoms with Crippen LogP contribution in [0.3, 0.4) is 0 Å². The van der Waals surface area contributed by atoms with E-state index in [1.54, 1.807) is 63.2 Å². The molecule has 3 amide bonds. The molecule has 134 valence electrons. The summed E-state index contributed by atoms with van der Waals surface area (Å²) in [6, 6.07) is 11.5. The largest absolute Gasteiger partial charge is 0.444 e. The van der Waals surface area contributed by atoms with Crippen LogP contribution in [0.25, 0.3) is 0 Å². The van der Waals surface area contributed by atoms with Crippen LogP contribution in [-0.4, -0.2) is 23.5 Å². The van der Waals surface area contributed by atoms with E-state index in [1.165, 1.54) is 0 Å². The molecule has 6 nitrogen and oxygen atoms in total. The number of ether oxygens (including phenoxy) is 1. The minimum atomic E-state index is -0.634. The summed E-state index contributed by atoms with van der Waals surface area (Å²) in [5.74, 6) is -0.804. The van der Waals surface area contributed by atoms with Crippen LogP contribution >= 0.6 is 15.9 Å². The molecule has 0 saturated heterocycles. The van der Waals surface area contributed by atoms with Gasteiger partial charge in [0.25, 0.3) is 11.8 Å². The lowest BCUT2D eigenvalue weighted by atomic mass is 10.1. The van der Waals surface area contributed by atoms with Crippen molar-refractivity contribution in [3.05, 3.63) is 58.1 Å². The van der Waals surface area contributed by atoms with E-state index in [4.69, 9.17) is 4.74 Å². The number of rotatable bonds is 2. The van der Waals surface area contributed by atoms with Gasteiger partial charge in [-0.05, 0) is 67.0 Å². The first kappa shape index (κ1) is 18.1. The van der Waals surface area contributed by atoms with Crippen molar-refractivity contribution < 1.29 is 19.1 Å². The number of imide groups is 1. The number of carbonyl (C=O) groups is 3. The molecule has 0 fully saturated rings. The second-order valence-electron chi connectivity index (χ2n) is 6.78. The van der Waals surface area contributed by atoms with Crippen LogP contribution in [-0.2, 0) is 4.74 Å². The van der Waals surface area contributed by atoms with Gasteiger partial charge in [-0.25, -0.2) is 9.69 Å². The highest BCUT2D eigenvalue weighted by Crippen LogP contribution is 2.35. The van der Waals surface area contributed by atoms with Crippen LogP contribution in [0.2, 0.25) is 0 Å². The van der Waals surface area contributed by atoms with Gasteiger partial charge in [-0.15, -0.1) is 0 Å². The number of carbonyl (C=O) groups excluding carboxylic acids is 3. The summed E-state index contributed by atoms with van der Waals surface area (Å²) in [6.45, 7) is 5.29. The van der Waals surface area contributed by atoms with E-state index in [1.807, 2.05) is 0 Å². The average molecular weight is 417 g/mol. The number of fused-ring (bicyclic) bond motifs is 1. The molecule has 0 spiro atoms. The molecule has 1 N–H and O–H groups in total. The van der Waals surface area contributed by atoms with E-state index in [-0.39, 0.29) is 0 Å². The fraction of sp³-hybridized carbons (Fsp3) is 0.211. The molecule has 0 aromatic heterocycles. The number of nitrogens with one attached hydrogen (secondary N) is 1. The highest BCUT2D eigenvalue weighted by molar-refractivity contribution is 9.10. The third-order valence-electron chi connectivity index (χ3n) is 3.63. The summed E-state index contributed by atoms with van der Waals surface area (Å²) in [5, 5.41) is 2.61. The van der Waals surface area contributed by atoms with Gasteiger partial charge in [-0.3, -0.25) is 14.9 Å². The maximum atomic E-state index is 12.7. The lowest BCUT2D eigenvalue weighted by molar-refractivity contribution is 0.0635. The van der Waals surface area contributed by atoms with E-state index in [2.05, 4.69) is 21.2 Å². The molecule has 0 atom stereocenters. The Bertz CT molecular complexity index is 883. The molecule has 0 aliphatic carbocycles. The average Bonchev–Trinajstić information content (AvgIpc) is 2.80. The van der Waals surface area contributed by atoms with Crippen molar-refractivity contribution in [1.29, 1.82) is 0 Å². The van der Waals surface area contributed by atoms with Crippen LogP contribution in [0.4, 0.5) is 16.2 Å². The number of benzene rings is 2. The summed E-state index contributed by atoms with van der Waals surface area (Å²) in [5.41, 5.74) is 0.841. The summed E-state index contributed by atoms with van der Waals surface area (Å²) >= 11 is 3.37. The molecule has 26 heavy (non-hydrogen) atoms. The minimum absolute atomic E-state index is 0.352. The van der Waals surface area contributed by atoms with Gasteiger partial charge in [-0.1, -0.05) is 12.1 Å². The van der Waals surface area contributed by atoms with Crippen molar-refractivity contribution >= 4 is 45.2 Å². The normalized spacial score (nSPS) is 13.6. The van der Waals surface area contributed by atoms with Gasteiger partial charge in [-0.2, -0.15) is 0 Å². The molecule has 0 unspecified atom stereocenters. The third-order valence-corrected chi connectivity index (χ3v) is 4.30. The molecule has 3 rings (SSSR count). The Morgan fingerprint density at radius 3 is 2.15 bits per heavy atom. The smallest absolute Gasteiger partial charge is 0.412 e. The number of anilines is 2. The zero-order valence-corrected chi connectivity index (χ0v) is 16.1. The fourth-order valence-electron chi connectivity index (χ4n) is 2.59. The Kier molecular flexibility index (Phi) is 4.58. The van der Waals surface area contributed by atoms with Crippen molar-refractivity contribution in [2.45, 2.75) is 26.4 Å². The predicted molar refractivity (Wildman–Crippen MR) is 102 cm³/mol. The van der Waals surface area contributed by atoms with Crippen LogP contribution < -0.4 is 10.2 Å².